The molecule has 0 radical (unpaired) electrons. The second kappa shape index (κ2) is 8.86. The fraction of sp³-hybridized carbons (Fsp3) is 0.571. The van der Waals surface area contributed by atoms with Crippen molar-refractivity contribution in [3.8, 4) is 5.75 Å². The first-order valence-corrected chi connectivity index (χ1v) is 8.60. The number of hydrogen-bond donors (Lipinski definition) is 2. The molecular weight excluding hydrogens is 292 g/mol. The smallest absolute Gasteiger partial charge is 0.217 e. The van der Waals surface area contributed by atoms with Gasteiger partial charge in [-0.2, -0.15) is 0 Å². The van der Waals surface area contributed by atoms with Crippen LogP contribution in [0, 0.1) is 0 Å². The van der Waals surface area contributed by atoms with Gasteiger partial charge in [0.25, 0.3) is 0 Å². The molecule has 1 aromatic rings. The molecule has 1 rings (SSSR count). The Labute approximate surface area is 126 Å². The number of sulfonamides is 1. The van der Waals surface area contributed by atoms with E-state index in [-0.39, 0.29) is 19.0 Å². The predicted octanol–water partition coefficient (Wildman–Crippen LogP) is 1.07. The summed E-state index contributed by atoms with van der Waals surface area (Å²) in [5, 5.41) is 8.68. The molecule has 0 fully saturated rings. The molecule has 0 aliphatic carbocycles. The molecule has 3 N–H and O–H groups in total. The highest BCUT2D eigenvalue weighted by molar-refractivity contribution is 7.89. The van der Waals surface area contributed by atoms with Gasteiger partial charge in [-0.3, -0.25) is 0 Å². The number of nitrogens with zero attached hydrogens (tertiary/aromatic N) is 1. The van der Waals surface area contributed by atoms with E-state index in [0.717, 1.165) is 12.8 Å². The number of anilines is 1. The van der Waals surface area contributed by atoms with E-state index in [2.05, 4.69) is 0 Å². The Hall–Kier alpha value is -1.31. The molecule has 0 amide bonds. The molecule has 0 bridgehead atoms. The van der Waals surface area contributed by atoms with E-state index in [1.807, 2.05) is 0 Å². The van der Waals surface area contributed by atoms with E-state index in [1.54, 1.807) is 31.3 Å². The van der Waals surface area contributed by atoms with Crippen LogP contribution in [0.5, 0.6) is 5.75 Å². The third kappa shape index (κ3) is 6.33. The van der Waals surface area contributed by atoms with Crippen LogP contribution in [0.2, 0.25) is 0 Å². The maximum absolute atomic E-state index is 12.0. The molecule has 0 aliphatic heterocycles. The molecule has 0 aliphatic rings. The van der Waals surface area contributed by atoms with Gasteiger partial charge >= 0.3 is 0 Å². The fourth-order valence-electron chi connectivity index (χ4n) is 1.79. The number of aliphatic hydroxyl groups excluding tert-OH is 1. The minimum absolute atomic E-state index is 0.0670. The van der Waals surface area contributed by atoms with Crippen molar-refractivity contribution in [1.29, 1.82) is 0 Å². The minimum atomic E-state index is -3.33. The molecule has 6 nitrogen and oxygen atoms in total. The topological polar surface area (TPSA) is 92.9 Å². The van der Waals surface area contributed by atoms with Crippen LogP contribution in [0.3, 0.4) is 0 Å². The van der Waals surface area contributed by atoms with E-state index in [1.165, 1.54) is 4.31 Å². The van der Waals surface area contributed by atoms with Crippen LogP contribution in [0.15, 0.2) is 24.3 Å². The van der Waals surface area contributed by atoms with Crippen molar-refractivity contribution in [2.45, 2.75) is 19.3 Å². The third-order valence-corrected chi connectivity index (χ3v) is 4.94. The Morgan fingerprint density at radius 3 is 2.62 bits per heavy atom. The summed E-state index contributed by atoms with van der Waals surface area (Å²) >= 11 is 0. The zero-order valence-corrected chi connectivity index (χ0v) is 13.2. The van der Waals surface area contributed by atoms with Crippen LogP contribution in [0.1, 0.15) is 19.3 Å². The predicted molar refractivity (Wildman–Crippen MR) is 83.7 cm³/mol. The van der Waals surface area contributed by atoms with E-state index >= 15 is 0 Å². The number of aliphatic hydroxyl groups is 1. The van der Waals surface area contributed by atoms with Crippen molar-refractivity contribution in [3.63, 3.8) is 0 Å². The standard InChI is InChI=1S/C14H24N2O4S/c1-16(9-5-2-6-10-17)21(18,19)12-11-20-14-8-4-3-7-13(14)15/h3-4,7-8,17H,2,5-6,9-12,15H2,1H3. The third-order valence-electron chi connectivity index (χ3n) is 3.12. The van der Waals surface area contributed by atoms with E-state index < -0.39 is 10.0 Å². The molecule has 0 spiro atoms. The highest BCUT2D eigenvalue weighted by Gasteiger charge is 2.17. The molecule has 0 saturated heterocycles. The van der Waals surface area contributed by atoms with Crippen molar-refractivity contribution in [1.82, 2.24) is 4.31 Å². The number of unbranched alkanes of at least 4 members (excludes halogenated alkanes) is 2. The summed E-state index contributed by atoms with van der Waals surface area (Å²) in [6.07, 6.45) is 2.25. The number of hydrogen-bond acceptors (Lipinski definition) is 5. The number of nitrogens with two attached hydrogens (primary N) is 1. The lowest BCUT2D eigenvalue weighted by Crippen LogP contribution is -2.32. The SMILES string of the molecule is CN(CCCCCO)S(=O)(=O)CCOc1ccccc1N. The van der Waals surface area contributed by atoms with E-state index in [0.29, 0.717) is 24.4 Å². The fourth-order valence-corrected chi connectivity index (χ4v) is 2.80. The lowest BCUT2D eigenvalue weighted by atomic mass is 10.2. The second-order valence-corrected chi connectivity index (χ2v) is 7.00. The van der Waals surface area contributed by atoms with Crippen molar-refractivity contribution in [3.05, 3.63) is 24.3 Å². The van der Waals surface area contributed by atoms with Crippen LogP contribution in [-0.2, 0) is 10.0 Å². The summed E-state index contributed by atoms with van der Waals surface area (Å²) in [4.78, 5) is 0. The van der Waals surface area contributed by atoms with Crippen LogP contribution in [0.25, 0.3) is 0 Å². The average Bonchev–Trinajstić information content (AvgIpc) is 2.45. The molecular formula is C14H24N2O4S. The minimum Gasteiger partial charge on any atom is -0.490 e. The summed E-state index contributed by atoms with van der Waals surface area (Å²) in [6.45, 7) is 0.663. The Kier molecular flexibility index (Phi) is 7.49. The Balaban J connectivity index is 2.37. The zero-order valence-electron chi connectivity index (χ0n) is 12.4. The van der Waals surface area contributed by atoms with Crippen molar-refractivity contribution < 1.29 is 18.3 Å². The lowest BCUT2D eigenvalue weighted by Gasteiger charge is -2.17. The quantitative estimate of drug-likeness (QED) is 0.497. The van der Waals surface area contributed by atoms with Gasteiger partial charge in [-0.05, 0) is 31.4 Å². The zero-order chi connectivity index (χ0) is 15.7. The number of nitrogen functional groups attached to an aromatic ring is 1. The summed E-state index contributed by atoms with van der Waals surface area (Å²) in [5.41, 5.74) is 6.21. The van der Waals surface area contributed by atoms with Gasteiger partial charge in [0, 0.05) is 20.2 Å². The summed E-state index contributed by atoms with van der Waals surface area (Å²) < 4.78 is 30.8. The average molecular weight is 316 g/mol. The van der Waals surface area contributed by atoms with Crippen molar-refractivity contribution in [2.24, 2.45) is 0 Å². The maximum atomic E-state index is 12.0. The van der Waals surface area contributed by atoms with Gasteiger partial charge in [0.1, 0.15) is 12.4 Å². The molecule has 21 heavy (non-hydrogen) atoms. The molecule has 0 heterocycles. The largest absolute Gasteiger partial charge is 0.490 e. The van der Waals surface area contributed by atoms with E-state index in [4.69, 9.17) is 15.6 Å². The number of para-hydroxylation sites is 2. The second-order valence-electron chi connectivity index (χ2n) is 4.81. The molecule has 0 unspecified atom stereocenters. The van der Waals surface area contributed by atoms with Crippen LogP contribution in [-0.4, -0.2) is 50.4 Å². The Morgan fingerprint density at radius 2 is 1.95 bits per heavy atom. The molecule has 0 aromatic heterocycles. The van der Waals surface area contributed by atoms with Gasteiger partial charge in [-0.25, -0.2) is 12.7 Å². The van der Waals surface area contributed by atoms with Gasteiger partial charge in [0.15, 0.2) is 0 Å². The molecule has 120 valence electrons. The van der Waals surface area contributed by atoms with Gasteiger partial charge in [0.2, 0.25) is 10.0 Å². The monoisotopic (exact) mass is 316 g/mol. The van der Waals surface area contributed by atoms with Crippen molar-refractivity contribution >= 4 is 15.7 Å². The number of ether oxygens (including phenoxy) is 1. The van der Waals surface area contributed by atoms with Crippen LogP contribution in [0.4, 0.5) is 5.69 Å². The summed E-state index contributed by atoms with van der Waals surface area (Å²) in [5.74, 6) is 0.413. The van der Waals surface area contributed by atoms with Gasteiger partial charge in [0.05, 0.1) is 11.4 Å². The summed E-state index contributed by atoms with van der Waals surface area (Å²) in [7, 11) is -1.76. The first-order valence-electron chi connectivity index (χ1n) is 6.99. The normalized spacial score (nSPS) is 11.8. The molecule has 7 heteroatoms. The number of rotatable bonds is 10. The molecule has 0 saturated carbocycles. The van der Waals surface area contributed by atoms with E-state index in [9.17, 15) is 8.42 Å². The summed E-state index contributed by atoms with van der Waals surface area (Å²) in [6, 6.07) is 6.99. The van der Waals surface area contributed by atoms with Crippen LogP contribution < -0.4 is 10.5 Å². The first-order chi connectivity index (χ1) is 9.97. The Morgan fingerprint density at radius 1 is 1.24 bits per heavy atom. The van der Waals surface area contributed by atoms with Crippen molar-refractivity contribution in [2.75, 3.05) is 38.3 Å². The molecule has 1 aromatic carbocycles. The molecule has 0 atom stereocenters. The lowest BCUT2D eigenvalue weighted by molar-refractivity contribution is 0.281. The number of benzene rings is 1. The van der Waals surface area contributed by atoms with Gasteiger partial charge in [-0.15, -0.1) is 0 Å². The maximum Gasteiger partial charge on any atom is 0.217 e. The van der Waals surface area contributed by atoms with Gasteiger partial charge < -0.3 is 15.6 Å². The Bertz CT molecular complexity index is 519. The van der Waals surface area contributed by atoms with Gasteiger partial charge in [-0.1, -0.05) is 12.1 Å². The van der Waals surface area contributed by atoms with Crippen LogP contribution >= 0.6 is 0 Å². The highest BCUT2D eigenvalue weighted by atomic mass is 32.2. The highest BCUT2D eigenvalue weighted by Crippen LogP contribution is 2.19. The first kappa shape index (κ1) is 17.7.